The van der Waals surface area contributed by atoms with Gasteiger partial charge >= 0.3 is 5.97 Å². The summed E-state index contributed by atoms with van der Waals surface area (Å²) in [6.45, 7) is 3.24. The molecule has 0 saturated carbocycles. The number of rotatable bonds is 5. The highest BCUT2D eigenvalue weighted by atomic mass is 32.2. The Hall–Kier alpha value is -1.22. The second kappa shape index (κ2) is 6.69. The minimum Gasteiger partial charge on any atom is -0.478 e. The van der Waals surface area contributed by atoms with Gasteiger partial charge in [0, 0.05) is 48.6 Å². The van der Waals surface area contributed by atoms with Crippen molar-refractivity contribution in [1.82, 2.24) is 9.21 Å². The van der Waals surface area contributed by atoms with Crippen LogP contribution in [0.2, 0.25) is 0 Å². The van der Waals surface area contributed by atoms with Crippen LogP contribution in [0.4, 0.5) is 0 Å². The molecule has 6 nitrogen and oxygen atoms in total. The van der Waals surface area contributed by atoms with Crippen molar-refractivity contribution in [3.63, 3.8) is 0 Å². The highest BCUT2D eigenvalue weighted by Crippen LogP contribution is 2.20. The van der Waals surface area contributed by atoms with Crippen LogP contribution in [0.5, 0.6) is 0 Å². The summed E-state index contributed by atoms with van der Waals surface area (Å²) >= 11 is 1.55. The Morgan fingerprint density at radius 1 is 1.33 bits per heavy atom. The first kappa shape index (κ1) is 16.2. The molecule has 2 rings (SSSR count). The molecule has 1 aliphatic rings. The average molecular weight is 330 g/mol. The summed E-state index contributed by atoms with van der Waals surface area (Å²) in [5.41, 5.74) is 0. The fraction of sp³-hybridized carbons (Fsp3) is 0.462. The summed E-state index contributed by atoms with van der Waals surface area (Å²) < 4.78 is 24.4. The molecule has 1 fully saturated rings. The van der Waals surface area contributed by atoms with Crippen LogP contribution in [0, 0.1) is 0 Å². The smallest absolute Gasteiger partial charge is 0.328 e. The van der Waals surface area contributed by atoms with Crippen LogP contribution in [0.1, 0.15) is 9.75 Å². The first-order valence-electron chi connectivity index (χ1n) is 6.52. The molecule has 0 bridgehead atoms. The van der Waals surface area contributed by atoms with E-state index in [0.29, 0.717) is 26.2 Å². The Morgan fingerprint density at radius 3 is 2.57 bits per heavy atom. The topological polar surface area (TPSA) is 77.9 Å². The predicted molar refractivity (Wildman–Crippen MR) is 82.7 cm³/mol. The molecule has 0 aliphatic carbocycles. The molecular formula is C13H18N2O4S2. The monoisotopic (exact) mass is 330 g/mol. The molecule has 0 radical (unpaired) electrons. The summed E-state index contributed by atoms with van der Waals surface area (Å²) in [4.78, 5) is 14.7. The fourth-order valence-electron chi connectivity index (χ4n) is 2.16. The van der Waals surface area contributed by atoms with Gasteiger partial charge in [0.15, 0.2) is 0 Å². The Kier molecular flexibility index (Phi) is 5.15. The molecule has 0 spiro atoms. The van der Waals surface area contributed by atoms with Gasteiger partial charge in [0.1, 0.15) is 0 Å². The van der Waals surface area contributed by atoms with Crippen molar-refractivity contribution in [1.29, 1.82) is 0 Å². The lowest BCUT2D eigenvalue weighted by molar-refractivity contribution is -0.131. The first-order valence-corrected chi connectivity index (χ1v) is 9.18. The van der Waals surface area contributed by atoms with Crippen LogP contribution < -0.4 is 0 Å². The number of sulfonamides is 1. The minimum absolute atomic E-state index is 0.524. The second-order valence-corrected chi connectivity index (χ2v) is 8.10. The van der Waals surface area contributed by atoms with E-state index in [2.05, 4.69) is 4.90 Å². The van der Waals surface area contributed by atoms with E-state index in [9.17, 15) is 13.2 Å². The van der Waals surface area contributed by atoms with E-state index < -0.39 is 16.0 Å². The zero-order valence-corrected chi connectivity index (χ0v) is 13.4. The van der Waals surface area contributed by atoms with Crippen molar-refractivity contribution in [2.45, 2.75) is 6.54 Å². The number of hydrogen-bond acceptors (Lipinski definition) is 5. The van der Waals surface area contributed by atoms with Gasteiger partial charge in [0.2, 0.25) is 10.0 Å². The number of piperazine rings is 1. The molecule has 0 amide bonds. The molecule has 0 atom stereocenters. The molecule has 0 aromatic carbocycles. The van der Waals surface area contributed by atoms with Crippen molar-refractivity contribution in [3.05, 3.63) is 28.0 Å². The zero-order valence-electron chi connectivity index (χ0n) is 11.7. The van der Waals surface area contributed by atoms with E-state index >= 15 is 0 Å². The number of nitrogens with zero attached hydrogens (tertiary/aromatic N) is 2. The van der Waals surface area contributed by atoms with Crippen molar-refractivity contribution in [3.8, 4) is 0 Å². The van der Waals surface area contributed by atoms with Crippen LogP contribution in [0.25, 0.3) is 6.08 Å². The van der Waals surface area contributed by atoms with Gasteiger partial charge in [-0.1, -0.05) is 0 Å². The van der Waals surface area contributed by atoms with Gasteiger partial charge in [-0.2, -0.15) is 4.31 Å². The average Bonchev–Trinajstić information content (AvgIpc) is 2.83. The lowest BCUT2D eigenvalue weighted by Gasteiger charge is -2.32. The van der Waals surface area contributed by atoms with E-state index in [4.69, 9.17) is 5.11 Å². The zero-order chi connectivity index (χ0) is 15.5. The van der Waals surface area contributed by atoms with Crippen LogP contribution in [0.15, 0.2) is 18.2 Å². The SMILES string of the molecule is CS(=O)(=O)N1CCN(Cc2ccc(C=CC(=O)O)s2)CC1. The number of hydrogen-bond donors (Lipinski definition) is 1. The molecule has 1 N–H and O–H groups in total. The van der Waals surface area contributed by atoms with Gasteiger partial charge in [0.25, 0.3) is 0 Å². The van der Waals surface area contributed by atoms with Crippen molar-refractivity contribution < 1.29 is 18.3 Å². The normalized spacial score (nSPS) is 18.3. The van der Waals surface area contributed by atoms with Crippen LogP contribution in [0.3, 0.4) is 0 Å². The summed E-state index contributed by atoms with van der Waals surface area (Å²) in [5, 5.41) is 8.59. The summed E-state index contributed by atoms with van der Waals surface area (Å²) in [7, 11) is -3.09. The largest absolute Gasteiger partial charge is 0.478 e. The summed E-state index contributed by atoms with van der Waals surface area (Å²) in [6.07, 6.45) is 3.95. The number of carboxylic acid groups (broad SMARTS) is 1. The molecular weight excluding hydrogens is 312 g/mol. The Labute approximate surface area is 128 Å². The number of aliphatic carboxylic acids is 1. The quantitative estimate of drug-likeness (QED) is 0.813. The standard InChI is InChI=1S/C13H18N2O4S2/c1-21(18,19)15-8-6-14(7-9-15)10-12-3-2-11(20-12)4-5-13(16)17/h2-5H,6-10H2,1H3,(H,16,17). The summed E-state index contributed by atoms with van der Waals surface area (Å²) in [6, 6.07) is 3.88. The predicted octanol–water partition coefficient (Wildman–Crippen LogP) is 0.923. The van der Waals surface area contributed by atoms with E-state index in [1.165, 1.54) is 10.6 Å². The molecule has 1 saturated heterocycles. The number of carboxylic acids is 1. The molecule has 8 heteroatoms. The van der Waals surface area contributed by atoms with Crippen LogP contribution >= 0.6 is 11.3 Å². The fourth-order valence-corrected chi connectivity index (χ4v) is 3.95. The Morgan fingerprint density at radius 2 is 2.00 bits per heavy atom. The lowest BCUT2D eigenvalue weighted by atomic mass is 10.3. The van der Waals surface area contributed by atoms with E-state index in [0.717, 1.165) is 22.4 Å². The van der Waals surface area contributed by atoms with E-state index in [1.807, 2.05) is 12.1 Å². The van der Waals surface area contributed by atoms with Gasteiger partial charge in [0.05, 0.1) is 6.26 Å². The van der Waals surface area contributed by atoms with Gasteiger partial charge in [-0.3, -0.25) is 4.90 Å². The Bertz CT molecular complexity index is 628. The molecule has 0 unspecified atom stereocenters. The third kappa shape index (κ3) is 4.92. The van der Waals surface area contributed by atoms with E-state index in [1.54, 1.807) is 17.4 Å². The van der Waals surface area contributed by atoms with Gasteiger partial charge < -0.3 is 5.11 Å². The third-order valence-corrected chi connectivity index (χ3v) is 5.59. The minimum atomic E-state index is -3.09. The van der Waals surface area contributed by atoms with Crippen molar-refractivity contribution in [2.24, 2.45) is 0 Å². The molecule has 21 heavy (non-hydrogen) atoms. The first-order chi connectivity index (χ1) is 9.84. The van der Waals surface area contributed by atoms with Crippen LogP contribution in [-0.2, 0) is 21.4 Å². The maximum atomic E-state index is 11.4. The highest BCUT2D eigenvalue weighted by Gasteiger charge is 2.23. The lowest BCUT2D eigenvalue weighted by Crippen LogP contribution is -2.47. The van der Waals surface area contributed by atoms with E-state index in [-0.39, 0.29) is 0 Å². The molecule has 116 valence electrons. The number of carbonyl (C=O) groups is 1. The molecule has 2 heterocycles. The van der Waals surface area contributed by atoms with Crippen LogP contribution in [-0.4, -0.2) is 61.1 Å². The molecule has 1 aromatic heterocycles. The maximum Gasteiger partial charge on any atom is 0.328 e. The van der Waals surface area contributed by atoms with Gasteiger partial charge in [-0.15, -0.1) is 11.3 Å². The van der Waals surface area contributed by atoms with Crippen molar-refractivity contribution >= 4 is 33.4 Å². The third-order valence-electron chi connectivity index (χ3n) is 3.25. The second-order valence-electron chi connectivity index (χ2n) is 4.91. The Balaban J connectivity index is 1.88. The molecule has 1 aliphatic heterocycles. The summed E-state index contributed by atoms with van der Waals surface area (Å²) in [5.74, 6) is -0.957. The van der Waals surface area contributed by atoms with Gasteiger partial charge in [-0.05, 0) is 18.2 Å². The van der Waals surface area contributed by atoms with Crippen molar-refractivity contribution in [2.75, 3.05) is 32.4 Å². The maximum absolute atomic E-state index is 11.4. The molecule has 1 aromatic rings. The number of thiophene rings is 1. The highest BCUT2D eigenvalue weighted by molar-refractivity contribution is 7.88. The van der Waals surface area contributed by atoms with Gasteiger partial charge in [-0.25, -0.2) is 13.2 Å².